The molecule has 1 heterocycles. The van der Waals surface area contributed by atoms with Crippen molar-refractivity contribution in [3.8, 4) is 17.2 Å². The Labute approximate surface area is 236 Å². The van der Waals surface area contributed by atoms with Crippen LogP contribution < -0.4 is 14.2 Å². The smallest absolute Gasteiger partial charge is 0.266 e. The Kier molecular flexibility index (Phi) is 9.31. The molecule has 196 valence electrons. The molecule has 0 unspecified atom stereocenters. The van der Waals surface area contributed by atoms with Crippen LogP contribution in [0.1, 0.15) is 23.6 Å². The van der Waals surface area contributed by atoms with Crippen LogP contribution in [0.5, 0.6) is 17.2 Å². The van der Waals surface area contributed by atoms with Crippen LogP contribution >= 0.6 is 27.7 Å². The van der Waals surface area contributed by atoms with Gasteiger partial charge in [0.1, 0.15) is 12.4 Å². The van der Waals surface area contributed by atoms with Crippen LogP contribution in [-0.4, -0.2) is 36.7 Å². The van der Waals surface area contributed by atoms with E-state index >= 15 is 0 Å². The zero-order valence-corrected chi connectivity index (χ0v) is 24.0. The van der Waals surface area contributed by atoms with Crippen molar-refractivity contribution in [1.82, 2.24) is 4.90 Å². The monoisotopic (exact) mass is 592 g/mol. The summed E-state index contributed by atoms with van der Waals surface area (Å²) in [7, 11) is 3.24. The van der Waals surface area contributed by atoms with Gasteiger partial charge in [-0.1, -0.05) is 34.1 Å². The normalized spacial score (nSPS) is 15.3. The molecule has 38 heavy (non-hydrogen) atoms. The first kappa shape index (κ1) is 27.5. The number of allylic oxidation sites excluding steroid dienone is 1. The molecular weight excluding hydrogens is 564 g/mol. The summed E-state index contributed by atoms with van der Waals surface area (Å²) in [5.74, 6) is 1.94. The average molecular weight is 594 g/mol. The molecule has 1 aliphatic rings. The number of ether oxygens (including phenoxy) is 3. The van der Waals surface area contributed by atoms with Crippen molar-refractivity contribution in [3.63, 3.8) is 0 Å². The summed E-state index contributed by atoms with van der Waals surface area (Å²) in [6.07, 6.45) is 4.29. The van der Waals surface area contributed by atoms with Crippen molar-refractivity contribution in [2.75, 3.05) is 20.8 Å². The molecule has 8 heteroatoms. The lowest BCUT2D eigenvalue weighted by atomic mass is 10.0. The number of halogens is 1. The van der Waals surface area contributed by atoms with E-state index in [0.717, 1.165) is 32.6 Å². The standard InChI is InChI=1S/C30H29BrN2O4S/c1-5-7-22-16-21(17-26(36-4)28(22)37-19-20-8-10-23(31)11-9-20)18-27-29(34)33(6-2)30(38-27)32-24-12-14-25(35-3)15-13-24/h5,8-18H,1,6-7,19H2,2-4H3/b27-18+,32-30?. The summed E-state index contributed by atoms with van der Waals surface area (Å²) in [5.41, 5.74) is 3.57. The van der Waals surface area contributed by atoms with Crippen LogP contribution in [0.2, 0.25) is 0 Å². The fourth-order valence-electron chi connectivity index (χ4n) is 3.91. The molecule has 4 rings (SSSR count). The minimum Gasteiger partial charge on any atom is -0.497 e. The quantitative estimate of drug-likeness (QED) is 0.181. The molecule has 1 fully saturated rings. The molecule has 1 saturated heterocycles. The van der Waals surface area contributed by atoms with Gasteiger partial charge >= 0.3 is 0 Å². The van der Waals surface area contributed by atoms with Crippen LogP contribution in [0.15, 0.2) is 87.7 Å². The van der Waals surface area contributed by atoms with E-state index in [-0.39, 0.29) is 5.91 Å². The number of thioether (sulfide) groups is 1. The minimum atomic E-state index is -0.0791. The molecule has 6 nitrogen and oxygen atoms in total. The third-order valence-electron chi connectivity index (χ3n) is 5.83. The van der Waals surface area contributed by atoms with Gasteiger partial charge in [-0.25, -0.2) is 4.99 Å². The molecule has 3 aromatic rings. The molecule has 0 radical (unpaired) electrons. The number of carbonyl (C=O) groups excluding carboxylic acids is 1. The van der Waals surface area contributed by atoms with Crippen molar-refractivity contribution >= 4 is 50.5 Å². The minimum absolute atomic E-state index is 0.0791. The lowest BCUT2D eigenvalue weighted by Crippen LogP contribution is -2.28. The molecule has 0 N–H and O–H groups in total. The lowest BCUT2D eigenvalue weighted by molar-refractivity contribution is -0.122. The summed E-state index contributed by atoms with van der Waals surface area (Å²) >= 11 is 4.82. The maximum atomic E-state index is 13.2. The van der Waals surface area contributed by atoms with E-state index in [1.807, 2.05) is 79.7 Å². The Morgan fingerprint density at radius 3 is 2.42 bits per heavy atom. The molecule has 1 aliphatic heterocycles. The molecule has 0 saturated carbocycles. The van der Waals surface area contributed by atoms with Crippen LogP contribution in [0.25, 0.3) is 6.08 Å². The first-order valence-electron chi connectivity index (χ1n) is 12.1. The zero-order chi connectivity index (χ0) is 27.1. The van der Waals surface area contributed by atoms with Gasteiger partial charge in [0.15, 0.2) is 16.7 Å². The van der Waals surface area contributed by atoms with Crippen LogP contribution in [-0.2, 0) is 17.8 Å². The third kappa shape index (κ3) is 6.49. The predicted octanol–water partition coefficient (Wildman–Crippen LogP) is 7.40. The fraction of sp³-hybridized carbons (Fsp3) is 0.200. The van der Waals surface area contributed by atoms with E-state index in [1.54, 1.807) is 19.1 Å². The van der Waals surface area contributed by atoms with E-state index in [2.05, 4.69) is 22.5 Å². The number of aliphatic imine (C=N–C) groups is 1. The zero-order valence-electron chi connectivity index (χ0n) is 21.6. The first-order valence-corrected chi connectivity index (χ1v) is 13.7. The molecular formula is C30H29BrN2O4S. The van der Waals surface area contributed by atoms with Crippen LogP contribution in [0, 0.1) is 0 Å². The average Bonchev–Trinajstić information content (AvgIpc) is 3.22. The maximum absolute atomic E-state index is 13.2. The Balaban J connectivity index is 1.63. The van der Waals surface area contributed by atoms with Crippen molar-refractivity contribution in [3.05, 3.63) is 99.4 Å². The summed E-state index contributed by atoms with van der Waals surface area (Å²) in [4.78, 5) is 20.2. The predicted molar refractivity (Wildman–Crippen MR) is 158 cm³/mol. The van der Waals surface area contributed by atoms with Crippen molar-refractivity contribution < 1.29 is 19.0 Å². The van der Waals surface area contributed by atoms with Crippen LogP contribution in [0.4, 0.5) is 5.69 Å². The number of benzene rings is 3. The van der Waals surface area contributed by atoms with E-state index in [1.165, 1.54) is 11.8 Å². The van der Waals surface area contributed by atoms with Gasteiger partial charge in [-0.15, -0.1) is 6.58 Å². The van der Waals surface area contributed by atoms with Gasteiger partial charge < -0.3 is 14.2 Å². The van der Waals surface area contributed by atoms with Crippen molar-refractivity contribution in [2.24, 2.45) is 4.99 Å². The van der Waals surface area contributed by atoms with Crippen molar-refractivity contribution in [2.45, 2.75) is 20.0 Å². The van der Waals surface area contributed by atoms with Gasteiger partial charge in [0.2, 0.25) is 0 Å². The summed E-state index contributed by atoms with van der Waals surface area (Å²) in [5, 5.41) is 0.640. The molecule has 0 aliphatic carbocycles. The molecule has 3 aromatic carbocycles. The molecule has 0 spiro atoms. The third-order valence-corrected chi connectivity index (χ3v) is 7.37. The van der Waals surface area contributed by atoms with Gasteiger partial charge in [-0.2, -0.15) is 0 Å². The van der Waals surface area contributed by atoms with Gasteiger partial charge in [0.05, 0.1) is 24.8 Å². The molecule has 0 aromatic heterocycles. The largest absolute Gasteiger partial charge is 0.497 e. The van der Waals surface area contributed by atoms with E-state index in [0.29, 0.717) is 41.1 Å². The highest BCUT2D eigenvalue weighted by molar-refractivity contribution is 9.10. The summed E-state index contributed by atoms with van der Waals surface area (Å²) in [6, 6.07) is 19.3. The summed E-state index contributed by atoms with van der Waals surface area (Å²) in [6.45, 7) is 6.76. The Morgan fingerprint density at radius 2 is 1.79 bits per heavy atom. The number of amidine groups is 1. The molecule has 1 amide bonds. The number of hydrogen-bond acceptors (Lipinski definition) is 6. The second kappa shape index (κ2) is 12.8. The number of amides is 1. The Hall–Kier alpha value is -3.49. The maximum Gasteiger partial charge on any atom is 0.266 e. The molecule has 0 bridgehead atoms. The highest BCUT2D eigenvalue weighted by atomic mass is 79.9. The number of methoxy groups -OCH3 is 2. The fourth-order valence-corrected chi connectivity index (χ4v) is 5.24. The number of carbonyl (C=O) groups is 1. The van der Waals surface area contributed by atoms with Gasteiger partial charge in [-0.3, -0.25) is 9.69 Å². The summed E-state index contributed by atoms with van der Waals surface area (Å²) < 4.78 is 18.1. The number of nitrogens with zero attached hydrogens (tertiary/aromatic N) is 2. The topological polar surface area (TPSA) is 60.4 Å². The van der Waals surface area contributed by atoms with Gasteiger partial charge in [0.25, 0.3) is 5.91 Å². The SMILES string of the molecule is C=CCc1cc(/C=C2/SC(=Nc3ccc(OC)cc3)N(CC)C2=O)cc(OC)c1OCc1ccc(Br)cc1. The molecule has 0 atom stereocenters. The van der Waals surface area contributed by atoms with E-state index in [9.17, 15) is 4.79 Å². The van der Waals surface area contributed by atoms with E-state index < -0.39 is 0 Å². The van der Waals surface area contributed by atoms with Crippen LogP contribution in [0.3, 0.4) is 0 Å². The first-order chi connectivity index (χ1) is 18.4. The Morgan fingerprint density at radius 1 is 1.05 bits per heavy atom. The second-order valence-corrected chi connectivity index (χ2v) is 10.3. The van der Waals surface area contributed by atoms with Gasteiger partial charge in [-0.05, 0) is 90.8 Å². The highest BCUT2D eigenvalue weighted by Crippen LogP contribution is 2.38. The lowest BCUT2D eigenvalue weighted by Gasteiger charge is -2.16. The van der Waals surface area contributed by atoms with E-state index in [4.69, 9.17) is 19.2 Å². The van der Waals surface area contributed by atoms with Crippen molar-refractivity contribution in [1.29, 1.82) is 0 Å². The van der Waals surface area contributed by atoms with Gasteiger partial charge in [0, 0.05) is 16.6 Å². The number of rotatable bonds is 10. The highest BCUT2D eigenvalue weighted by Gasteiger charge is 2.32. The second-order valence-electron chi connectivity index (χ2n) is 8.37. The number of likely N-dealkylation sites (N-methyl/N-ethyl adjacent to an activating group) is 1. The Bertz CT molecular complexity index is 1370. The number of hydrogen-bond donors (Lipinski definition) is 0.